The summed E-state index contributed by atoms with van der Waals surface area (Å²) in [6.45, 7) is 1.11. The number of ether oxygens (including phenoxy) is 2. The number of rotatable bonds is 3. The van der Waals surface area contributed by atoms with E-state index in [4.69, 9.17) is 21.7 Å². The van der Waals surface area contributed by atoms with Gasteiger partial charge < -0.3 is 14.8 Å². The van der Waals surface area contributed by atoms with Gasteiger partial charge in [0.2, 0.25) is 0 Å². The topological polar surface area (TPSA) is 54.9 Å². The molecular weight excluding hydrogens is 298 g/mol. The predicted octanol–water partition coefficient (Wildman–Crippen LogP) is 2.78. The average Bonchev–Trinajstić information content (AvgIpc) is 2.56. The lowest BCUT2D eigenvalue weighted by Crippen LogP contribution is -2.24. The molecule has 0 saturated carbocycles. The first-order valence-corrected chi connectivity index (χ1v) is 7.27. The molecule has 0 spiro atoms. The van der Waals surface area contributed by atoms with Crippen molar-refractivity contribution >= 4 is 29.2 Å². The van der Waals surface area contributed by atoms with Crippen LogP contribution in [0.4, 0.5) is 5.69 Å². The van der Waals surface area contributed by atoms with Crippen LogP contribution in [0.15, 0.2) is 53.6 Å². The molecule has 112 valence electrons. The second kappa shape index (κ2) is 6.91. The molecule has 2 aromatic rings. The Balaban J connectivity index is 1.62. The van der Waals surface area contributed by atoms with Crippen LogP contribution in [-0.4, -0.2) is 24.5 Å². The van der Waals surface area contributed by atoms with E-state index in [0.717, 1.165) is 17.0 Å². The Hall–Kier alpha value is -2.60. The van der Waals surface area contributed by atoms with Crippen molar-refractivity contribution in [2.75, 3.05) is 18.5 Å². The maximum atomic E-state index is 5.62. The van der Waals surface area contributed by atoms with Crippen LogP contribution in [0, 0.1) is 0 Å². The van der Waals surface area contributed by atoms with Gasteiger partial charge in [-0.2, -0.15) is 5.10 Å². The molecule has 0 atom stereocenters. The third kappa shape index (κ3) is 3.53. The summed E-state index contributed by atoms with van der Waals surface area (Å²) < 4.78 is 11.1. The van der Waals surface area contributed by atoms with Crippen molar-refractivity contribution in [3.05, 3.63) is 54.1 Å². The fourth-order valence-electron chi connectivity index (χ4n) is 2.04. The van der Waals surface area contributed by atoms with Crippen molar-refractivity contribution < 1.29 is 9.47 Å². The van der Waals surface area contributed by atoms with Crippen molar-refractivity contribution in [1.82, 2.24) is 5.43 Å². The van der Waals surface area contributed by atoms with Gasteiger partial charge in [-0.15, -0.1) is 0 Å². The third-order valence-electron chi connectivity index (χ3n) is 3.00. The van der Waals surface area contributed by atoms with Gasteiger partial charge in [0.1, 0.15) is 13.2 Å². The number of fused-ring (bicyclic) bond motifs is 1. The summed E-state index contributed by atoms with van der Waals surface area (Å²) in [6, 6.07) is 15.3. The van der Waals surface area contributed by atoms with Gasteiger partial charge in [-0.3, -0.25) is 5.43 Å². The van der Waals surface area contributed by atoms with Gasteiger partial charge in [-0.05, 0) is 36.5 Å². The van der Waals surface area contributed by atoms with Crippen molar-refractivity contribution in [2.45, 2.75) is 0 Å². The minimum absolute atomic E-state index is 0.421. The summed E-state index contributed by atoms with van der Waals surface area (Å²) in [6.07, 6.45) is 1.66. The van der Waals surface area contributed by atoms with Crippen molar-refractivity contribution in [3.8, 4) is 11.5 Å². The van der Waals surface area contributed by atoms with Crippen molar-refractivity contribution in [3.63, 3.8) is 0 Å². The Labute approximate surface area is 133 Å². The summed E-state index contributed by atoms with van der Waals surface area (Å²) in [7, 11) is 0. The van der Waals surface area contributed by atoms with Gasteiger partial charge in [0, 0.05) is 11.3 Å². The number of hydrazone groups is 1. The molecule has 22 heavy (non-hydrogen) atoms. The molecule has 1 heterocycles. The fourth-order valence-corrected chi connectivity index (χ4v) is 2.21. The number of para-hydroxylation sites is 2. The molecule has 0 aliphatic carbocycles. The van der Waals surface area contributed by atoms with Gasteiger partial charge in [0.15, 0.2) is 16.6 Å². The van der Waals surface area contributed by atoms with E-state index in [1.54, 1.807) is 6.21 Å². The first-order chi connectivity index (χ1) is 10.8. The molecule has 0 amide bonds. The van der Waals surface area contributed by atoms with E-state index in [1.165, 1.54) is 0 Å². The van der Waals surface area contributed by atoms with Gasteiger partial charge >= 0.3 is 0 Å². The van der Waals surface area contributed by atoms with E-state index in [0.29, 0.717) is 24.1 Å². The number of thiocarbonyl (C=S) groups is 1. The molecule has 0 aromatic heterocycles. The summed E-state index contributed by atoms with van der Waals surface area (Å²) >= 11 is 5.18. The maximum Gasteiger partial charge on any atom is 0.191 e. The standard InChI is InChI=1S/C16H15N3O2S/c22-16(18-13-6-2-1-3-7-13)19-17-11-12-5-4-8-14-15(12)21-10-9-20-14/h1-8,11H,9-10H2,(H2,18,19,22)/b17-11-. The Morgan fingerprint density at radius 1 is 1.05 bits per heavy atom. The Kier molecular flexibility index (Phi) is 4.50. The van der Waals surface area contributed by atoms with Gasteiger partial charge in [-0.1, -0.05) is 24.3 Å². The van der Waals surface area contributed by atoms with Crippen LogP contribution in [0.1, 0.15) is 5.56 Å². The highest BCUT2D eigenvalue weighted by Gasteiger charge is 2.14. The summed E-state index contributed by atoms with van der Waals surface area (Å²) in [5, 5.41) is 7.59. The number of nitrogens with one attached hydrogen (secondary N) is 2. The van der Waals surface area contributed by atoms with Crippen LogP contribution in [0.5, 0.6) is 11.5 Å². The average molecular weight is 313 g/mol. The molecule has 3 rings (SSSR count). The molecule has 5 nitrogen and oxygen atoms in total. The van der Waals surface area contributed by atoms with Gasteiger partial charge in [-0.25, -0.2) is 0 Å². The smallest absolute Gasteiger partial charge is 0.191 e. The number of hydrogen-bond donors (Lipinski definition) is 2. The Bertz CT molecular complexity index is 689. The molecule has 1 aliphatic heterocycles. The van der Waals surface area contributed by atoms with E-state index in [2.05, 4.69) is 15.8 Å². The maximum absolute atomic E-state index is 5.62. The van der Waals surface area contributed by atoms with Crippen molar-refractivity contribution in [2.24, 2.45) is 5.10 Å². The van der Waals surface area contributed by atoms with E-state index in [1.807, 2.05) is 48.5 Å². The lowest BCUT2D eigenvalue weighted by molar-refractivity contribution is 0.171. The van der Waals surface area contributed by atoms with Crippen LogP contribution in [0.2, 0.25) is 0 Å². The summed E-state index contributed by atoms with van der Waals surface area (Å²) in [5.41, 5.74) is 4.53. The highest BCUT2D eigenvalue weighted by atomic mass is 32.1. The quantitative estimate of drug-likeness (QED) is 0.518. The largest absolute Gasteiger partial charge is 0.486 e. The van der Waals surface area contributed by atoms with Crippen molar-refractivity contribution in [1.29, 1.82) is 0 Å². The minimum Gasteiger partial charge on any atom is -0.486 e. The molecular formula is C16H15N3O2S. The first-order valence-electron chi connectivity index (χ1n) is 6.86. The number of hydrogen-bond acceptors (Lipinski definition) is 4. The second-order valence-electron chi connectivity index (χ2n) is 4.56. The molecule has 0 radical (unpaired) electrons. The van der Waals surface area contributed by atoms with Crippen LogP contribution >= 0.6 is 12.2 Å². The molecule has 2 N–H and O–H groups in total. The van der Waals surface area contributed by atoms with Crippen LogP contribution in [-0.2, 0) is 0 Å². The molecule has 2 aromatic carbocycles. The number of nitrogens with zero attached hydrogens (tertiary/aromatic N) is 1. The van der Waals surface area contributed by atoms with Gasteiger partial charge in [0.25, 0.3) is 0 Å². The zero-order chi connectivity index (χ0) is 15.2. The normalized spacial score (nSPS) is 12.9. The predicted molar refractivity (Wildman–Crippen MR) is 90.8 cm³/mol. The van der Waals surface area contributed by atoms with E-state index >= 15 is 0 Å². The van der Waals surface area contributed by atoms with Crippen LogP contribution in [0.25, 0.3) is 0 Å². The van der Waals surface area contributed by atoms with E-state index < -0.39 is 0 Å². The number of benzene rings is 2. The lowest BCUT2D eigenvalue weighted by atomic mass is 10.2. The Morgan fingerprint density at radius 3 is 2.73 bits per heavy atom. The molecule has 0 fully saturated rings. The van der Waals surface area contributed by atoms with E-state index in [9.17, 15) is 0 Å². The highest BCUT2D eigenvalue weighted by Crippen LogP contribution is 2.32. The van der Waals surface area contributed by atoms with Crippen LogP contribution in [0.3, 0.4) is 0 Å². The summed E-state index contributed by atoms with van der Waals surface area (Å²) in [5.74, 6) is 1.45. The second-order valence-corrected chi connectivity index (χ2v) is 4.97. The molecule has 0 saturated heterocycles. The lowest BCUT2D eigenvalue weighted by Gasteiger charge is -2.19. The first kappa shape index (κ1) is 14.3. The zero-order valence-electron chi connectivity index (χ0n) is 11.8. The molecule has 6 heteroatoms. The fraction of sp³-hybridized carbons (Fsp3) is 0.125. The molecule has 0 unspecified atom stereocenters. The van der Waals surface area contributed by atoms with E-state index in [-0.39, 0.29) is 0 Å². The number of anilines is 1. The minimum atomic E-state index is 0.421. The summed E-state index contributed by atoms with van der Waals surface area (Å²) in [4.78, 5) is 0. The monoisotopic (exact) mass is 313 g/mol. The zero-order valence-corrected chi connectivity index (χ0v) is 12.6. The SMILES string of the molecule is S=C(N/N=C\c1cccc2c1OCCO2)Nc1ccccc1. The Morgan fingerprint density at radius 2 is 1.86 bits per heavy atom. The third-order valence-corrected chi connectivity index (χ3v) is 3.19. The van der Waals surface area contributed by atoms with Gasteiger partial charge in [0.05, 0.1) is 6.21 Å². The molecule has 0 bridgehead atoms. The highest BCUT2D eigenvalue weighted by molar-refractivity contribution is 7.80. The molecule has 1 aliphatic rings. The van der Waals surface area contributed by atoms with Crippen LogP contribution < -0.4 is 20.2 Å².